The van der Waals surface area contributed by atoms with E-state index in [-0.39, 0.29) is 16.0 Å². The number of nitrogens with one attached hydrogen (secondary N) is 1. The topological polar surface area (TPSA) is 86.0 Å². The van der Waals surface area contributed by atoms with Gasteiger partial charge in [0.1, 0.15) is 5.52 Å². The number of benzene rings is 2. The Kier molecular flexibility index (Phi) is 4.47. The van der Waals surface area contributed by atoms with E-state index in [1.807, 2.05) is 0 Å². The van der Waals surface area contributed by atoms with E-state index in [0.717, 1.165) is 12.1 Å². The molecule has 30 heavy (non-hydrogen) atoms. The van der Waals surface area contributed by atoms with Gasteiger partial charge in [-0.25, -0.2) is 13.1 Å². The van der Waals surface area contributed by atoms with Gasteiger partial charge >= 0.3 is 6.18 Å². The number of hydrogen-bond donors (Lipinski definition) is 1. The molecule has 0 aliphatic carbocycles. The van der Waals surface area contributed by atoms with Gasteiger partial charge in [-0.2, -0.15) is 18.3 Å². The summed E-state index contributed by atoms with van der Waals surface area (Å²) in [6, 6.07) is 8.32. The third-order valence-electron chi connectivity index (χ3n) is 4.76. The van der Waals surface area contributed by atoms with Crippen LogP contribution in [0.2, 0.25) is 0 Å². The molecule has 7 nitrogen and oxygen atoms in total. The fraction of sp³-hybridized carbons (Fsp3) is 0.158. The minimum atomic E-state index is -4.50. The van der Waals surface area contributed by atoms with Crippen LogP contribution in [0.5, 0.6) is 0 Å². The predicted molar refractivity (Wildman–Crippen MR) is 105 cm³/mol. The Bertz CT molecular complexity index is 1450. The lowest BCUT2D eigenvalue weighted by Gasteiger charge is -2.13. The molecule has 0 atom stereocenters. The van der Waals surface area contributed by atoms with Gasteiger partial charge in [-0.1, -0.05) is 0 Å². The first kappa shape index (κ1) is 20.1. The molecule has 2 aromatic heterocycles. The Balaban J connectivity index is 2.08. The van der Waals surface area contributed by atoms with E-state index < -0.39 is 27.3 Å². The number of nitrogens with zero attached hydrogens (tertiary/aromatic N) is 3. The predicted octanol–water partition coefficient (Wildman–Crippen LogP) is 2.80. The molecule has 2 heterocycles. The van der Waals surface area contributed by atoms with Gasteiger partial charge in [0, 0.05) is 24.3 Å². The number of rotatable bonds is 3. The van der Waals surface area contributed by atoms with Gasteiger partial charge in [-0.05, 0) is 49.5 Å². The minimum Gasteiger partial charge on any atom is -0.276 e. The fourth-order valence-electron chi connectivity index (χ4n) is 3.31. The maximum Gasteiger partial charge on any atom is 0.416 e. The van der Waals surface area contributed by atoms with E-state index in [9.17, 15) is 26.4 Å². The number of halogens is 3. The Labute approximate surface area is 168 Å². The Morgan fingerprint density at radius 1 is 1.03 bits per heavy atom. The second-order valence-electron chi connectivity index (χ2n) is 6.64. The maximum atomic E-state index is 13.1. The summed E-state index contributed by atoms with van der Waals surface area (Å²) in [6.45, 7) is 0. The first-order valence-corrected chi connectivity index (χ1v) is 10.1. The summed E-state index contributed by atoms with van der Waals surface area (Å²) in [5, 5.41) is 4.86. The summed E-state index contributed by atoms with van der Waals surface area (Å²) in [5.74, 6) is 0. The van der Waals surface area contributed by atoms with Crippen molar-refractivity contribution in [1.82, 2.24) is 19.1 Å². The van der Waals surface area contributed by atoms with Crippen molar-refractivity contribution >= 4 is 31.8 Å². The highest BCUT2D eigenvalue weighted by Gasteiger charge is 2.30. The number of pyridine rings is 1. The van der Waals surface area contributed by atoms with Gasteiger partial charge in [-0.3, -0.25) is 14.0 Å². The SMILES string of the molecule is CNS(=O)(=O)c1ccc2c(c1)c1nn(C)cc1c(=O)n2-c1ccc(C(F)(F)F)cc1. The second kappa shape index (κ2) is 6.67. The van der Waals surface area contributed by atoms with Gasteiger partial charge < -0.3 is 0 Å². The number of fused-ring (bicyclic) bond motifs is 3. The van der Waals surface area contributed by atoms with E-state index in [1.54, 1.807) is 7.05 Å². The molecule has 156 valence electrons. The summed E-state index contributed by atoms with van der Waals surface area (Å²) in [4.78, 5) is 13.1. The maximum absolute atomic E-state index is 13.1. The highest BCUT2D eigenvalue weighted by Crippen LogP contribution is 2.31. The van der Waals surface area contributed by atoms with Crippen molar-refractivity contribution in [2.45, 2.75) is 11.1 Å². The van der Waals surface area contributed by atoms with Crippen LogP contribution in [-0.2, 0) is 23.2 Å². The molecule has 0 radical (unpaired) electrons. The quantitative estimate of drug-likeness (QED) is 0.535. The standard InChI is InChI=1S/C19H15F3N4O3S/c1-23-30(28,29)13-7-8-16-14(9-13)17-15(10-25(2)24-17)18(27)26(16)12-5-3-11(4-6-12)19(20,21)22/h3-10,23H,1-2H3. The monoisotopic (exact) mass is 436 g/mol. The van der Waals surface area contributed by atoms with Gasteiger partial charge in [0.25, 0.3) is 5.56 Å². The molecule has 4 rings (SSSR count). The third-order valence-corrected chi connectivity index (χ3v) is 6.17. The van der Waals surface area contributed by atoms with Crippen LogP contribution >= 0.6 is 0 Å². The molecule has 0 spiro atoms. The van der Waals surface area contributed by atoms with Crippen molar-refractivity contribution in [3.05, 3.63) is 64.6 Å². The molecular formula is C19H15F3N4O3S. The molecule has 0 aliphatic rings. The number of aromatic nitrogens is 3. The lowest BCUT2D eigenvalue weighted by molar-refractivity contribution is -0.137. The number of alkyl halides is 3. The molecule has 0 saturated carbocycles. The van der Waals surface area contributed by atoms with Crippen molar-refractivity contribution in [2.75, 3.05) is 7.05 Å². The molecule has 0 unspecified atom stereocenters. The van der Waals surface area contributed by atoms with Crippen molar-refractivity contribution in [3.8, 4) is 5.69 Å². The zero-order valence-corrected chi connectivity index (χ0v) is 16.5. The zero-order chi connectivity index (χ0) is 21.8. The highest BCUT2D eigenvalue weighted by molar-refractivity contribution is 7.89. The van der Waals surface area contributed by atoms with Crippen LogP contribution in [0.3, 0.4) is 0 Å². The fourth-order valence-corrected chi connectivity index (χ4v) is 4.07. The second-order valence-corrected chi connectivity index (χ2v) is 8.52. The van der Waals surface area contributed by atoms with Crippen LogP contribution in [0.1, 0.15) is 5.56 Å². The van der Waals surface area contributed by atoms with Crippen LogP contribution in [0.4, 0.5) is 13.2 Å². The Morgan fingerprint density at radius 3 is 2.30 bits per heavy atom. The summed E-state index contributed by atoms with van der Waals surface area (Å²) >= 11 is 0. The molecule has 0 saturated heterocycles. The molecule has 0 aliphatic heterocycles. The number of aryl methyl sites for hydroxylation is 1. The molecule has 0 fully saturated rings. The molecular weight excluding hydrogens is 421 g/mol. The van der Waals surface area contributed by atoms with Gasteiger partial charge in [0.05, 0.1) is 21.4 Å². The van der Waals surface area contributed by atoms with Gasteiger partial charge in [-0.15, -0.1) is 0 Å². The van der Waals surface area contributed by atoms with E-state index in [1.165, 1.54) is 52.8 Å². The number of sulfonamides is 1. The van der Waals surface area contributed by atoms with E-state index >= 15 is 0 Å². The van der Waals surface area contributed by atoms with Gasteiger partial charge in [0.2, 0.25) is 10.0 Å². The molecule has 0 amide bonds. The van der Waals surface area contributed by atoms with E-state index in [4.69, 9.17) is 0 Å². The molecule has 11 heteroatoms. The Morgan fingerprint density at radius 2 is 1.70 bits per heavy atom. The Hall–Kier alpha value is -3.18. The molecule has 4 aromatic rings. The molecule has 1 N–H and O–H groups in total. The first-order valence-electron chi connectivity index (χ1n) is 8.66. The van der Waals surface area contributed by atoms with Crippen LogP contribution in [0, 0.1) is 0 Å². The zero-order valence-electron chi connectivity index (χ0n) is 15.7. The van der Waals surface area contributed by atoms with E-state index in [0.29, 0.717) is 16.4 Å². The molecule has 2 aromatic carbocycles. The van der Waals surface area contributed by atoms with Crippen LogP contribution < -0.4 is 10.3 Å². The minimum absolute atomic E-state index is 0.0259. The van der Waals surface area contributed by atoms with Crippen molar-refractivity contribution in [1.29, 1.82) is 0 Å². The molecule has 0 bridgehead atoms. The lowest BCUT2D eigenvalue weighted by Crippen LogP contribution is -2.20. The normalized spacial score (nSPS) is 12.7. The smallest absolute Gasteiger partial charge is 0.276 e. The lowest BCUT2D eigenvalue weighted by atomic mass is 10.1. The average molecular weight is 436 g/mol. The largest absolute Gasteiger partial charge is 0.416 e. The highest BCUT2D eigenvalue weighted by atomic mass is 32.2. The van der Waals surface area contributed by atoms with Crippen molar-refractivity contribution < 1.29 is 21.6 Å². The van der Waals surface area contributed by atoms with Crippen LogP contribution in [0.15, 0.2) is 58.4 Å². The van der Waals surface area contributed by atoms with Gasteiger partial charge in [0.15, 0.2) is 0 Å². The summed E-state index contributed by atoms with van der Waals surface area (Å²) in [5.41, 5.74) is -0.481. The summed E-state index contributed by atoms with van der Waals surface area (Å²) < 4.78 is 68.1. The average Bonchev–Trinajstić information content (AvgIpc) is 3.10. The third kappa shape index (κ3) is 3.15. The van der Waals surface area contributed by atoms with E-state index in [2.05, 4.69) is 9.82 Å². The van der Waals surface area contributed by atoms with Crippen molar-refractivity contribution in [2.24, 2.45) is 7.05 Å². The first-order chi connectivity index (χ1) is 14.0. The summed E-state index contributed by atoms with van der Waals surface area (Å²) in [6.07, 6.45) is -3.02. The summed E-state index contributed by atoms with van der Waals surface area (Å²) in [7, 11) is -0.868. The van der Waals surface area contributed by atoms with Crippen LogP contribution in [-0.4, -0.2) is 29.8 Å². The number of hydrogen-bond acceptors (Lipinski definition) is 4. The van der Waals surface area contributed by atoms with Crippen molar-refractivity contribution in [3.63, 3.8) is 0 Å². The van der Waals surface area contributed by atoms with Crippen LogP contribution in [0.25, 0.3) is 27.5 Å².